The van der Waals surface area contributed by atoms with E-state index in [1.165, 1.54) is 5.56 Å². The van der Waals surface area contributed by atoms with Crippen LogP contribution in [0.4, 0.5) is 0 Å². The zero-order chi connectivity index (χ0) is 10.8. The molecule has 0 aliphatic heterocycles. The molecule has 1 atom stereocenters. The van der Waals surface area contributed by atoms with E-state index in [0.717, 1.165) is 3.67 Å². The van der Waals surface area contributed by atoms with Gasteiger partial charge in [-0.05, 0) is 0 Å². The predicted molar refractivity (Wildman–Crippen MR) is 111 cm³/mol. The van der Waals surface area contributed by atoms with E-state index in [1.54, 1.807) is 8.88 Å². The molecule has 2 aromatic carbocycles. The zero-order valence-corrected chi connectivity index (χ0v) is 20.7. The van der Waals surface area contributed by atoms with Gasteiger partial charge >= 0.3 is 108 Å². The van der Waals surface area contributed by atoms with Gasteiger partial charge in [0, 0.05) is 0 Å². The molecule has 1 aliphatic rings. The molecular weight excluding hydrogens is 739 g/mol. The summed E-state index contributed by atoms with van der Waals surface area (Å²) in [5.41, 5.74) is 2.98. The number of fused-ring (bicyclic) bond motifs is 1. The van der Waals surface area contributed by atoms with Crippen LogP contribution in [0, 0.1) is 0 Å². The van der Waals surface area contributed by atoms with E-state index in [-0.39, 0.29) is 71.9 Å². The molecule has 0 spiro atoms. The average Bonchev–Trinajstić information content (AvgIpc) is 2.74. The molecule has 4 heteroatoms. The van der Waals surface area contributed by atoms with Gasteiger partial charge in [-0.25, -0.2) is 0 Å². The maximum Gasteiger partial charge on any atom is -0.107 e. The summed E-state index contributed by atoms with van der Waals surface area (Å²) in [5, 5.41) is 0. The Morgan fingerprint density at radius 2 is 1.37 bits per heavy atom. The van der Waals surface area contributed by atoms with Gasteiger partial charge in [0.2, 0.25) is 0 Å². The van der Waals surface area contributed by atoms with Crippen LogP contribution in [-0.4, -0.2) is 0 Å². The molecule has 0 radical (unpaired) electrons. The van der Waals surface area contributed by atoms with Gasteiger partial charge in [-0.3, -0.25) is 0 Å². The summed E-state index contributed by atoms with van der Waals surface area (Å²) in [4.78, 5) is 0. The van der Waals surface area contributed by atoms with Crippen molar-refractivity contribution in [1.82, 2.24) is 0 Å². The van der Waals surface area contributed by atoms with Gasteiger partial charge in [-0.2, -0.15) is 0 Å². The van der Waals surface area contributed by atoms with Crippen LogP contribution in [0.1, 0.15) is 14.8 Å². The summed E-state index contributed by atoms with van der Waals surface area (Å²) < 4.78 is 2.35. The van der Waals surface area contributed by atoms with Crippen molar-refractivity contribution in [3.8, 4) is 0 Å². The van der Waals surface area contributed by atoms with Crippen molar-refractivity contribution in [2.75, 3.05) is 0 Å². The van der Waals surface area contributed by atoms with Crippen molar-refractivity contribution in [2.45, 2.75) is 3.67 Å². The molecule has 0 amide bonds. The molecule has 100 valence electrons. The number of halogens is 3. The topological polar surface area (TPSA) is 0 Å². The molecule has 1 aliphatic carbocycles. The molecule has 0 aromatic heterocycles. The maximum absolute atomic E-state index is 2.40. The van der Waals surface area contributed by atoms with Crippen molar-refractivity contribution in [3.05, 3.63) is 71.8 Å². The molecular formula is C15H15HfI3. The molecule has 1 unspecified atom stereocenters. The first-order valence-corrected chi connectivity index (χ1v) is 9.39. The molecule has 0 heterocycles. The van der Waals surface area contributed by atoms with Crippen LogP contribution < -0.4 is 3.32 Å². The van der Waals surface area contributed by atoms with E-state index >= 15 is 0 Å². The second-order valence-electron chi connectivity index (χ2n) is 3.98. The van der Waals surface area contributed by atoms with Gasteiger partial charge in [0.05, 0.1) is 0 Å². The number of rotatable bonds is 2. The monoisotopic (exact) mass is 756 g/mol. The quantitative estimate of drug-likeness (QED) is 0.299. The van der Waals surface area contributed by atoms with Gasteiger partial charge in [-0.15, -0.1) is 71.9 Å². The Morgan fingerprint density at radius 1 is 0.737 bits per heavy atom. The van der Waals surface area contributed by atoms with Gasteiger partial charge in [0.15, 0.2) is 0 Å². The second-order valence-corrected chi connectivity index (χ2v) is 9.32. The predicted octanol–water partition coefficient (Wildman–Crippen LogP) is 5.02. The Bertz CT molecular complexity index is 526. The van der Waals surface area contributed by atoms with Crippen molar-refractivity contribution in [3.63, 3.8) is 0 Å². The Balaban J connectivity index is 0.00000108. The second kappa shape index (κ2) is 10.0. The minimum atomic E-state index is -0.765. The van der Waals surface area contributed by atoms with Gasteiger partial charge in [0.1, 0.15) is 0 Å². The first kappa shape index (κ1) is 20.2. The fourth-order valence-electron chi connectivity index (χ4n) is 2.09. The fraction of sp³-hybridized carbons (Fsp3) is 0.0667. The van der Waals surface area contributed by atoms with Crippen LogP contribution in [-0.2, 0) is 22.9 Å². The smallest absolute Gasteiger partial charge is 0.107 e. The summed E-state index contributed by atoms with van der Waals surface area (Å²) in [5.74, 6) is 0. The SMILES string of the molecule is C1=C[CH]([Hf][c]2ccccc2)c2ccccc21.I.I.I. The first-order valence-electron chi connectivity index (χ1n) is 5.52. The summed E-state index contributed by atoms with van der Waals surface area (Å²) in [7, 11) is 0. The average molecular weight is 754 g/mol. The molecule has 0 saturated heterocycles. The molecule has 2 aromatic rings. The Hall–Kier alpha value is 1.24. The largest absolute Gasteiger partial charge is 0.107 e. The van der Waals surface area contributed by atoms with Crippen molar-refractivity contribution < 1.29 is 22.9 Å². The van der Waals surface area contributed by atoms with Crippen LogP contribution in [0.15, 0.2) is 60.7 Å². The van der Waals surface area contributed by atoms with Crippen molar-refractivity contribution >= 4 is 81.3 Å². The van der Waals surface area contributed by atoms with E-state index in [4.69, 9.17) is 0 Å². The van der Waals surface area contributed by atoms with E-state index in [1.807, 2.05) is 0 Å². The van der Waals surface area contributed by atoms with E-state index in [9.17, 15) is 0 Å². The Labute approximate surface area is 177 Å². The van der Waals surface area contributed by atoms with Crippen LogP contribution in [0.2, 0.25) is 0 Å². The van der Waals surface area contributed by atoms with Crippen molar-refractivity contribution in [2.24, 2.45) is 0 Å². The van der Waals surface area contributed by atoms with Crippen LogP contribution in [0.3, 0.4) is 0 Å². The van der Waals surface area contributed by atoms with E-state index in [0.29, 0.717) is 0 Å². The van der Waals surface area contributed by atoms with Crippen LogP contribution >= 0.6 is 71.9 Å². The van der Waals surface area contributed by atoms with Gasteiger partial charge in [-0.1, -0.05) is 0 Å². The third-order valence-electron chi connectivity index (χ3n) is 2.90. The number of hydrogen-bond donors (Lipinski definition) is 0. The minimum Gasteiger partial charge on any atom is -0.107 e. The first-order chi connectivity index (χ1) is 7.93. The number of hydrogen-bond acceptors (Lipinski definition) is 0. The maximum atomic E-state index is 2.40. The number of allylic oxidation sites excluding steroid dienone is 1. The summed E-state index contributed by atoms with van der Waals surface area (Å²) in [6.07, 6.45) is 4.69. The van der Waals surface area contributed by atoms with Crippen LogP contribution in [0.25, 0.3) is 6.08 Å². The Kier molecular flexibility index (Phi) is 10.7. The molecule has 0 bridgehead atoms. The minimum absolute atomic E-state index is 0. The molecule has 0 nitrogen and oxygen atoms in total. The van der Waals surface area contributed by atoms with Gasteiger partial charge in [0.25, 0.3) is 0 Å². The van der Waals surface area contributed by atoms with E-state index in [2.05, 4.69) is 66.7 Å². The number of benzene rings is 2. The third-order valence-corrected chi connectivity index (χ3v) is 8.22. The fourth-order valence-corrected chi connectivity index (χ4v) is 6.96. The van der Waals surface area contributed by atoms with E-state index < -0.39 is 22.9 Å². The summed E-state index contributed by atoms with van der Waals surface area (Å²) in [6.45, 7) is 0. The third kappa shape index (κ3) is 5.18. The molecule has 0 N–H and O–H groups in total. The molecule has 0 fully saturated rings. The Morgan fingerprint density at radius 3 is 2.11 bits per heavy atom. The van der Waals surface area contributed by atoms with Crippen molar-refractivity contribution in [1.29, 1.82) is 0 Å². The molecule has 3 rings (SSSR count). The zero-order valence-electron chi connectivity index (χ0n) is 10.2. The molecule has 0 saturated carbocycles. The van der Waals surface area contributed by atoms with Gasteiger partial charge < -0.3 is 0 Å². The van der Waals surface area contributed by atoms with Crippen LogP contribution in [0.5, 0.6) is 0 Å². The normalized spacial score (nSPS) is 14.4. The molecule has 19 heavy (non-hydrogen) atoms. The standard InChI is InChI=1S/C9H7.C6H5.Hf.3HI/c1-2-5-9-7-3-6-8(9)4-1;1-2-4-6-5-3-1;;;;/h1-7H;1-5H;;3*1H. The summed E-state index contributed by atoms with van der Waals surface area (Å²) >= 11 is -0.765. The summed E-state index contributed by atoms with van der Waals surface area (Å²) in [6, 6.07) is 19.8.